The average molecular weight is 186 g/mol. The summed E-state index contributed by atoms with van der Waals surface area (Å²) in [5.74, 6) is 2.73. The Balaban J connectivity index is 4.27. The van der Waals surface area contributed by atoms with E-state index in [9.17, 15) is 0 Å². The Hall–Kier alpha value is -0.0400. The summed E-state index contributed by atoms with van der Waals surface area (Å²) in [6.07, 6.45) is 0.400. The first kappa shape index (κ1) is 13.0. The first-order chi connectivity index (χ1) is 5.91. The molecule has 3 unspecified atom stereocenters. The first-order valence-electron chi connectivity index (χ1n) is 5.44. The Morgan fingerprint density at radius 1 is 0.692 bits per heavy atom. The zero-order valence-electron chi connectivity index (χ0n) is 10.3. The van der Waals surface area contributed by atoms with Crippen molar-refractivity contribution in [1.82, 2.24) is 0 Å². The minimum atomic E-state index is 0.400. The third-order valence-electron chi connectivity index (χ3n) is 3.33. The molecule has 1 nitrogen and oxygen atoms in total. The second kappa shape index (κ2) is 5.64. The Labute approximate surface area is 83.9 Å². The second-order valence-corrected chi connectivity index (χ2v) is 4.91. The van der Waals surface area contributed by atoms with Crippen molar-refractivity contribution in [2.24, 2.45) is 23.7 Å². The highest BCUT2D eigenvalue weighted by molar-refractivity contribution is 4.75. The molecule has 0 aromatic carbocycles. The van der Waals surface area contributed by atoms with Crippen LogP contribution >= 0.6 is 0 Å². The Morgan fingerprint density at radius 2 is 1.15 bits per heavy atom. The fraction of sp³-hybridized carbons (Fsp3) is 1.00. The van der Waals surface area contributed by atoms with Gasteiger partial charge in [0.1, 0.15) is 0 Å². The predicted octanol–water partition coefficient (Wildman–Crippen LogP) is 3.59. The summed E-state index contributed by atoms with van der Waals surface area (Å²) in [5.41, 5.74) is 0. The molecule has 0 aromatic heterocycles. The minimum Gasteiger partial charge on any atom is -0.381 e. The first-order valence-corrected chi connectivity index (χ1v) is 5.44. The van der Waals surface area contributed by atoms with Crippen LogP contribution in [-0.4, -0.2) is 13.2 Å². The standard InChI is InChI=1S/C12H26O/c1-8(2)10(5)11(6)12(13-7)9(3)4/h8-12H,1-7H3. The van der Waals surface area contributed by atoms with Crippen LogP contribution in [0.25, 0.3) is 0 Å². The van der Waals surface area contributed by atoms with E-state index in [1.165, 1.54) is 0 Å². The highest BCUT2D eigenvalue weighted by Gasteiger charge is 2.26. The third-order valence-corrected chi connectivity index (χ3v) is 3.33. The van der Waals surface area contributed by atoms with Crippen molar-refractivity contribution in [3.8, 4) is 0 Å². The molecule has 0 saturated carbocycles. The normalized spacial score (nSPS) is 19.2. The molecule has 1 heteroatoms. The molecule has 0 saturated heterocycles. The van der Waals surface area contributed by atoms with Gasteiger partial charge in [0.15, 0.2) is 0 Å². The van der Waals surface area contributed by atoms with Gasteiger partial charge in [-0.3, -0.25) is 0 Å². The molecule has 0 aromatic rings. The molecule has 0 aliphatic rings. The van der Waals surface area contributed by atoms with Crippen molar-refractivity contribution in [3.63, 3.8) is 0 Å². The van der Waals surface area contributed by atoms with E-state index in [-0.39, 0.29) is 0 Å². The van der Waals surface area contributed by atoms with Gasteiger partial charge < -0.3 is 4.74 Å². The third kappa shape index (κ3) is 3.68. The molecule has 0 heterocycles. The zero-order valence-corrected chi connectivity index (χ0v) is 10.3. The summed E-state index contributed by atoms with van der Waals surface area (Å²) < 4.78 is 5.54. The van der Waals surface area contributed by atoms with E-state index in [1.807, 2.05) is 7.11 Å². The van der Waals surface area contributed by atoms with E-state index in [1.54, 1.807) is 0 Å². The summed E-state index contributed by atoms with van der Waals surface area (Å²) in [6, 6.07) is 0. The summed E-state index contributed by atoms with van der Waals surface area (Å²) in [4.78, 5) is 0. The van der Waals surface area contributed by atoms with Crippen molar-refractivity contribution >= 4 is 0 Å². The minimum absolute atomic E-state index is 0.400. The van der Waals surface area contributed by atoms with Crippen molar-refractivity contribution in [2.45, 2.75) is 47.6 Å². The molecular weight excluding hydrogens is 160 g/mol. The van der Waals surface area contributed by atoms with Gasteiger partial charge in [-0.1, -0.05) is 41.5 Å². The van der Waals surface area contributed by atoms with Crippen LogP contribution in [-0.2, 0) is 4.74 Å². The fourth-order valence-corrected chi connectivity index (χ4v) is 2.00. The molecule has 0 fully saturated rings. The van der Waals surface area contributed by atoms with Gasteiger partial charge in [-0.15, -0.1) is 0 Å². The van der Waals surface area contributed by atoms with Crippen LogP contribution in [0, 0.1) is 23.7 Å². The van der Waals surface area contributed by atoms with E-state index in [0.717, 1.165) is 11.8 Å². The number of ether oxygens (including phenoxy) is 1. The number of hydrogen-bond acceptors (Lipinski definition) is 1. The smallest absolute Gasteiger partial charge is 0.0622 e. The lowest BCUT2D eigenvalue weighted by Crippen LogP contribution is -2.32. The number of methoxy groups -OCH3 is 1. The highest BCUT2D eigenvalue weighted by atomic mass is 16.5. The van der Waals surface area contributed by atoms with Gasteiger partial charge in [-0.25, -0.2) is 0 Å². The SMILES string of the molecule is COC(C(C)C)C(C)C(C)C(C)C. The molecule has 0 N–H and O–H groups in total. The largest absolute Gasteiger partial charge is 0.381 e. The molecule has 0 aliphatic heterocycles. The average Bonchev–Trinajstić information content (AvgIpc) is 2.03. The van der Waals surface area contributed by atoms with Crippen molar-refractivity contribution in [3.05, 3.63) is 0 Å². The van der Waals surface area contributed by atoms with Gasteiger partial charge in [0, 0.05) is 7.11 Å². The van der Waals surface area contributed by atoms with Crippen molar-refractivity contribution in [1.29, 1.82) is 0 Å². The Bertz CT molecular complexity index is 129. The van der Waals surface area contributed by atoms with Crippen LogP contribution in [0.2, 0.25) is 0 Å². The molecule has 0 spiro atoms. The molecule has 80 valence electrons. The van der Waals surface area contributed by atoms with Crippen LogP contribution in [0.3, 0.4) is 0 Å². The lowest BCUT2D eigenvalue weighted by atomic mass is 9.79. The van der Waals surface area contributed by atoms with Crippen LogP contribution in [0.5, 0.6) is 0 Å². The van der Waals surface area contributed by atoms with Gasteiger partial charge in [0.25, 0.3) is 0 Å². The predicted molar refractivity (Wildman–Crippen MR) is 58.8 cm³/mol. The lowest BCUT2D eigenvalue weighted by molar-refractivity contribution is -0.00288. The van der Waals surface area contributed by atoms with Crippen molar-refractivity contribution in [2.75, 3.05) is 7.11 Å². The Morgan fingerprint density at radius 3 is 1.38 bits per heavy atom. The molecule has 0 bridgehead atoms. The molecule has 0 amide bonds. The highest BCUT2D eigenvalue weighted by Crippen LogP contribution is 2.27. The summed E-state index contributed by atoms with van der Waals surface area (Å²) in [6.45, 7) is 13.7. The number of hydrogen-bond donors (Lipinski definition) is 0. The van der Waals surface area contributed by atoms with E-state index < -0.39 is 0 Å². The topological polar surface area (TPSA) is 9.23 Å². The van der Waals surface area contributed by atoms with Gasteiger partial charge in [-0.05, 0) is 23.7 Å². The second-order valence-electron chi connectivity index (χ2n) is 4.91. The number of rotatable bonds is 5. The van der Waals surface area contributed by atoms with Gasteiger partial charge in [0.05, 0.1) is 6.10 Å². The molecular formula is C12H26O. The lowest BCUT2D eigenvalue weighted by Gasteiger charge is -2.32. The summed E-state index contributed by atoms with van der Waals surface area (Å²) in [5, 5.41) is 0. The maximum absolute atomic E-state index is 5.54. The maximum atomic E-state index is 5.54. The quantitative estimate of drug-likeness (QED) is 0.637. The van der Waals surface area contributed by atoms with Gasteiger partial charge >= 0.3 is 0 Å². The van der Waals surface area contributed by atoms with E-state index in [0.29, 0.717) is 17.9 Å². The molecule has 13 heavy (non-hydrogen) atoms. The van der Waals surface area contributed by atoms with Crippen LogP contribution in [0.1, 0.15) is 41.5 Å². The van der Waals surface area contributed by atoms with E-state index >= 15 is 0 Å². The molecule has 0 rings (SSSR count). The van der Waals surface area contributed by atoms with Crippen LogP contribution in [0.15, 0.2) is 0 Å². The van der Waals surface area contributed by atoms with Crippen molar-refractivity contribution < 1.29 is 4.74 Å². The molecule has 0 radical (unpaired) electrons. The fourth-order valence-electron chi connectivity index (χ4n) is 2.00. The Kier molecular flexibility index (Phi) is 5.62. The van der Waals surface area contributed by atoms with Gasteiger partial charge in [-0.2, -0.15) is 0 Å². The van der Waals surface area contributed by atoms with Crippen LogP contribution < -0.4 is 0 Å². The molecule has 0 aliphatic carbocycles. The van der Waals surface area contributed by atoms with E-state index in [4.69, 9.17) is 4.74 Å². The zero-order chi connectivity index (χ0) is 10.6. The van der Waals surface area contributed by atoms with Crippen LogP contribution in [0.4, 0.5) is 0 Å². The van der Waals surface area contributed by atoms with Gasteiger partial charge in [0.2, 0.25) is 0 Å². The maximum Gasteiger partial charge on any atom is 0.0622 e. The monoisotopic (exact) mass is 186 g/mol. The summed E-state index contributed by atoms with van der Waals surface area (Å²) in [7, 11) is 1.83. The van der Waals surface area contributed by atoms with E-state index in [2.05, 4.69) is 41.5 Å². The summed E-state index contributed by atoms with van der Waals surface area (Å²) >= 11 is 0. The molecule has 3 atom stereocenters.